The van der Waals surface area contributed by atoms with Gasteiger partial charge in [-0.3, -0.25) is 9.59 Å². The fraction of sp³-hybridized carbons (Fsp3) is 0.480. The van der Waals surface area contributed by atoms with Gasteiger partial charge in [0, 0.05) is 30.4 Å². The van der Waals surface area contributed by atoms with Gasteiger partial charge in [-0.15, -0.1) is 0 Å². The van der Waals surface area contributed by atoms with Crippen LogP contribution in [-0.4, -0.2) is 26.1 Å². The predicted octanol–water partition coefficient (Wildman–Crippen LogP) is 4.72. The molecule has 31 heavy (non-hydrogen) atoms. The molecule has 1 aliphatic rings. The van der Waals surface area contributed by atoms with Crippen molar-refractivity contribution in [2.75, 3.05) is 0 Å². The summed E-state index contributed by atoms with van der Waals surface area (Å²) in [5.74, 6) is -0.281. The molecule has 0 atom stereocenters. The summed E-state index contributed by atoms with van der Waals surface area (Å²) in [5.41, 5.74) is 3.41. The first kappa shape index (κ1) is 21.3. The van der Waals surface area contributed by atoms with E-state index in [0.717, 1.165) is 74.0 Å². The van der Waals surface area contributed by atoms with Crippen molar-refractivity contribution < 1.29 is 4.79 Å². The number of aromatic nitrogens is 3. The van der Waals surface area contributed by atoms with E-state index in [-0.39, 0.29) is 23.1 Å². The zero-order chi connectivity index (χ0) is 21.8. The molecule has 1 amide bonds. The zero-order valence-corrected chi connectivity index (χ0v) is 18.6. The minimum Gasteiger partial charge on any atom is -0.349 e. The number of carbonyl (C=O) groups excluding carboxylic acids is 1. The largest absolute Gasteiger partial charge is 0.349 e. The van der Waals surface area contributed by atoms with Gasteiger partial charge >= 0.3 is 0 Å². The molecule has 0 unspecified atom stereocenters. The monoisotopic (exact) mass is 420 g/mol. The molecule has 2 heterocycles. The van der Waals surface area contributed by atoms with Gasteiger partial charge in [-0.2, -0.15) is 9.61 Å². The van der Waals surface area contributed by atoms with Gasteiger partial charge in [-0.1, -0.05) is 63.3 Å². The number of hydrogen-bond acceptors (Lipinski definition) is 3. The topological polar surface area (TPSA) is 68.4 Å². The second-order valence-corrected chi connectivity index (χ2v) is 8.67. The van der Waals surface area contributed by atoms with Gasteiger partial charge in [0.25, 0.3) is 11.5 Å². The van der Waals surface area contributed by atoms with Crippen LogP contribution in [-0.2, 0) is 6.54 Å². The Morgan fingerprint density at radius 2 is 1.94 bits per heavy atom. The SMILES string of the molecule is CCCCCn1cc(C(=O)NC2CCCCC2)c(=O)n2nc(-c3ccccc3C)cc12. The molecule has 0 saturated heterocycles. The van der Waals surface area contributed by atoms with E-state index in [1.54, 1.807) is 6.20 Å². The standard InChI is InChI=1S/C25H32N4O2/c1-3-4-10-15-28-17-21(24(30)26-19-12-6-5-7-13-19)25(31)29-23(28)16-22(27-29)20-14-9-8-11-18(20)2/h8-9,11,14,16-17,19H,3-7,10,12-13,15H2,1-2H3,(H,26,30). The van der Waals surface area contributed by atoms with E-state index in [4.69, 9.17) is 0 Å². The van der Waals surface area contributed by atoms with E-state index < -0.39 is 0 Å². The van der Waals surface area contributed by atoms with E-state index in [0.29, 0.717) is 0 Å². The highest BCUT2D eigenvalue weighted by molar-refractivity contribution is 5.94. The summed E-state index contributed by atoms with van der Waals surface area (Å²) in [6.07, 6.45) is 10.4. The lowest BCUT2D eigenvalue weighted by molar-refractivity contribution is 0.0925. The van der Waals surface area contributed by atoms with Crippen molar-refractivity contribution in [3.05, 3.63) is 58.0 Å². The fourth-order valence-electron chi connectivity index (χ4n) is 4.49. The minimum atomic E-state index is -0.352. The number of rotatable bonds is 7. The van der Waals surface area contributed by atoms with Crippen molar-refractivity contribution in [3.8, 4) is 11.3 Å². The lowest BCUT2D eigenvalue weighted by Gasteiger charge is -2.22. The normalized spacial score (nSPS) is 14.8. The van der Waals surface area contributed by atoms with E-state index in [1.165, 1.54) is 10.9 Å². The fourth-order valence-corrected chi connectivity index (χ4v) is 4.49. The van der Waals surface area contributed by atoms with Crippen LogP contribution in [0.25, 0.3) is 16.9 Å². The number of carbonyl (C=O) groups is 1. The van der Waals surface area contributed by atoms with Gasteiger partial charge in [0.15, 0.2) is 0 Å². The molecule has 1 saturated carbocycles. The Labute approximate surface area is 183 Å². The van der Waals surface area contributed by atoms with Gasteiger partial charge in [-0.25, -0.2) is 0 Å². The van der Waals surface area contributed by atoms with Gasteiger partial charge in [0.05, 0.1) is 5.69 Å². The van der Waals surface area contributed by atoms with E-state index >= 15 is 0 Å². The zero-order valence-electron chi connectivity index (χ0n) is 18.6. The molecule has 0 spiro atoms. The molecule has 164 valence electrons. The van der Waals surface area contributed by atoms with Crippen molar-refractivity contribution in [1.29, 1.82) is 0 Å². The Kier molecular flexibility index (Phi) is 6.54. The molecule has 0 radical (unpaired) electrons. The average Bonchev–Trinajstić information content (AvgIpc) is 3.22. The molecule has 6 heteroatoms. The van der Waals surface area contributed by atoms with Crippen molar-refractivity contribution in [2.24, 2.45) is 0 Å². The highest BCUT2D eigenvalue weighted by Crippen LogP contribution is 2.23. The second kappa shape index (κ2) is 9.50. The molecule has 1 N–H and O–H groups in total. The van der Waals surface area contributed by atoms with Gasteiger partial charge < -0.3 is 9.88 Å². The van der Waals surface area contributed by atoms with Crippen LogP contribution in [0.1, 0.15) is 74.2 Å². The first-order valence-corrected chi connectivity index (χ1v) is 11.6. The Balaban J connectivity index is 1.75. The summed E-state index contributed by atoms with van der Waals surface area (Å²) in [7, 11) is 0. The van der Waals surface area contributed by atoms with Crippen molar-refractivity contribution in [3.63, 3.8) is 0 Å². The third-order valence-electron chi connectivity index (χ3n) is 6.30. The van der Waals surface area contributed by atoms with Crippen LogP contribution < -0.4 is 10.9 Å². The van der Waals surface area contributed by atoms with Crippen molar-refractivity contribution in [1.82, 2.24) is 19.5 Å². The second-order valence-electron chi connectivity index (χ2n) is 8.67. The molecule has 4 rings (SSSR count). The molecule has 1 aromatic carbocycles. The van der Waals surface area contributed by atoms with Gasteiger partial charge in [0.1, 0.15) is 11.2 Å². The highest BCUT2D eigenvalue weighted by atomic mass is 16.2. The number of amides is 1. The summed E-state index contributed by atoms with van der Waals surface area (Å²) < 4.78 is 3.42. The van der Waals surface area contributed by atoms with Crippen LogP contribution in [0.4, 0.5) is 0 Å². The lowest BCUT2D eigenvalue weighted by atomic mass is 9.95. The smallest absolute Gasteiger partial charge is 0.287 e. The molecule has 6 nitrogen and oxygen atoms in total. The molecular formula is C25H32N4O2. The first-order chi connectivity index (χ1) is 15.1. The third-order valence-corrected chi connectivity index (χ3v) is 6.30. The molecule has 2 aromatic heterocycles. The number of unbranched alkanes of at least 4 members (excludes halogenated alkanes) is 2. The Hall–Kier alpha value is -2.89. The van der Waals surface area contributed by atoms with Crippen LogP contribution in [0.15, 0.2) is 41.3 Å². The third kappa shape index (κ3) is 4.58. The lowest BCUT2D eigenvalue weighted by Crippen LogP contribution is -2.40. The number of hydrogen-bond donors (Lipinski definition) is 1. The Morgan fingerprint density at radius 1 is 1.16 bits per heavy atom. The molecule has 0 aliphatic heterocycles. The molecule has 1 fully saturated rings. The van der Waals surface area contributed by atoms with Crippen molar-refractivity contribution in [2.45, 2.75) is 77.8 Å². The number of fused-ring (bicyclic) bond motifs is 1. The van der Waals surface area contributed by atoms with Crippen LogP contribution in [0.3, 0.4) is 0 Å². The summed E-state index contributed by atoms with van der Waals surface area (Å²) in [6.45, 7) is 4.95. The Morgan fingerprint density at radius 3 is 2.68 bits per heavy atom. The quantitative estimate of drug-likeness (QED) is 0.562. The summed E-state index contributed by atoms with van der Waals surface area (Å²) >= 11 is 0. The van der Waals surface area contributed by atoms with E-state index in [2.05, 4.69) is 17.3 Å². The van der Waals surface area contributed by atoms with Crippen LogP contribution in [0.5, 0.6) is 0 Å². The van der Waals surface area contributed by atoms with Gasteiger partial charge in [0.2, 0.25) is 0 Å². The highest BCUT2D eigenvalue weighted by Gasteiger charge is 2.22. The van der Waals surface area contributed by atoms with Crippen molar-refractivity contribution >= 4 is 11.6 Å². The molecule has 3 aromatic rings. The Bertz CT molecular complexity index is 1120. The van der Waals surface area contributed by atoms with Gasteiger partial charge in [-0.05, 0) is 31.7 Å². The summed E-state index contributed by atoms with van der Waals surface area (Å²) in [5, 5.41) is 7.71. The minimum absolute atomic E-state index is 0.157. The summed E-state index contributed by atoms with van der Waals surface area (Å²) in [6, 6.07) is 10.1. The van der Waals surface area contributed by atoms with E-state index in [1.807, 2.05) is 41.8 Å². The number of nitrogens with one attached hydrogen (secondary N) is 1. The number of benzene rings is 1. The summed E-state index contributed by atoms with van der Waals surface area (Å²) in [4.78, 5) is 26.3. The molecule has 1 aliphatic carbocycles. The van der Waals surface area contributed by atoms with Crippen LogP contribution >= 0.6 is 0 Å². The maximum Gasteiger partial charge on any atom is 0.287 e. The number of nitrogens with zero attached hydrogens (tertiary/aromatic N) is 3. The average molecular weight is 421 g/mol. The molecule has 0 bridgehead atoms. The number of aryl methyl sites for hydroxylation is 2. The predicted molar refractivity (Wildman–Crippen MR) is 123 cm³/mol. The molecular weight excluding hydrogens is 388 g/mol. The maximum atomic E-state index is 13.2. The first-order valence-electron chi connectivity index (χ1n) is 11.6. The van der Waals surface area contributed by atoms with Crippen LogP contribution in [0.2, 0.25) is 0 Å². The maximum absolute atomic E-state index is 13.2. The van der Waals surface area contributed by atoms with Crippen LogP contribution in [0, 0.1) is 6.92 Å². The van der Waals surface area contributed by atoms with E-state index in [9.17, 15) is 9.59 Å².